The number of fused-ring (bicyclic) bond motifs is 1. The van der Waals surface area contributed by atoms with Gasteiger partial charge in [0, 0.05) is 37.4 Å². The summed E-state index contributed by atoms with van der Waals surface area (Å²) in [7, 11) is 3.76. The fraction of sp³-hybridized carbons (Fsp3) is 0.333. The fourth-order valence-electron chi connectivity index (χ4n) is 3.02. The van der Waals surface area contributed by atoms with Crippen molar-refractivity contribution in [3.63, 3.8) is 0 Å². The van der Waals surface area contributed by atoms with Crippen molar-refractivity contribution < 1.29 is 4.79 Å². The van der Waals surface area contributed by atoms with Crippen LogP contribution in [0.3, 0.4) is 0 Å². The third-order valence-electron chi connectivity index (χ3n) is 4.18. The zero-order valence-corrected chi connectivity index (χ0v) is 15.4. The van der Waals surface area contributed by atoms with Gasteiger partial charge in [-0.05, 0) is 46.1 Å². The first-order chi connectivity index (χ1) is 11.6. The maximum Gasteiger partial charge on any atom is 0.255 e. The van der Waals surface area contributed by atoms with Gasteiger partial charge in [-0.2, -0.15) is 0 Å². The van der Waals surface area contributed by atoms with Crippen LogP contribution >= 0.6 is 15.9 Å². The number of amides is 1. The van der Waals surface area contributed by atoms with Gasteiger partial charge in [-0.1, -0.05) is 24.3 Å². The van der Waals surface area contributed by atoms with E-state index in [4.69, 9.17) is 0 Å². The summed E-state index contributed by atoms with van der Waals surface area (Å²) in [6.45, 7) is 1.48. The quantitative estimate of drug-likeness (QED) is 0.844. The van der Waals surface area contributed by atoms with Crippen molar-refractivity contribution in [2.75, 3.05) is 32.1 Å². The smallest absolute Gasteiger partial charge is 0.255 e. The SMILES string of the molecule is CN(C)c1ncc(Br)cc1C(=O)NCC1NCCc2ccccc21. The van der Waals surface area contributed by atoms with E-state index in [1.165, 1.54) is 11.1 Å². The number of nitrogens with one attached hydrogen (secondary N) is 2. The Bertz CT molecular complexity index is 748. The third-order valence-corrected chi connectivity index (χ3v) is 4.62. The lowest BCUT2D eigenvalue weighted by molar-refractivity contribution is 0.0949. The number of anilines is 1. The molecule has 0 saturated heterocycles. The lowest BCUT2D eigenvalue weighted by Gasteiger charge is -2.27. The number of nitrogens with zero attached hydrogens (tertiary/aromatic N) is 2. The van der Waals surface area contributed by atoms with E-state index in [2.05, 4.69) is 49.7 Å². The van der Waals surface area contributed by atoms with Gasteiger partial charge in [0.15, 0.2) is 0 Å². The van der Waals surface area contributed by atoms with Crippen molar-refractivity contribution in [2.24, 2.45) is 0 Å². The molecule has 0 fully saturated rings. The second-order valence-corrected chi connectivity index (χ2v) is 7.00. The lowest BCUT2D eigenvalue weighted by atomic mass is 9.94. The highest BCUT2D eigenvalue weighted by Crippen LogP contribution is 2.23. The molecule has 1 atom stereocenters. The van der Waals surface area contributed by atoms with Crippen molar-refractivity contribution >= 4 is 27.7 Å². The van der Waals surface area contributed by atoms with Gasteiger partial charge < -0.3 is 15.5 Å². The first kappa shape index (κ1) is 16.9. The van der Waals surface area contributed by atoms with E-state index in [1.807, 2.05) is 25.1 Å². The molecule has 0 spiro atoms. The normalized spacial score (nSPS) is 16.4. The van der Waals surface area contributed by atoms with Crippen molar-refractivity contribution in [1.82, 2.24) is 15.6 Å². The minimum absolute atomic E-state index is 0.114. The monoisotopic (exact) mass is 388 g/mol. The van der Waals surface area contributed by atoms with E-state index < -0.39 is 0 Å². The van der Waals surface area contributed by atoms with Gasteiger partial charge >= 0.3 is 0 Å². The molecule has 24 heavy (non-hydrogen) atoms. The molecule has 2 N–H and O–H groups in total. The highest BCUT2D eigenvalue weighted by Gasteiger charge is 2.21. The van der Waals surface area contributed by atoms with Gasteiger partial charge in [0.2, 0.25) is 0 Å². The first-order valence-electron chi connectivity index (χ1n) is 7.98. The van der Waals surface area contributed by atoms with E-state index in [0.717, 1.165) is 17.4 Å². The summed E-state index contributed by atoms with van der Waals surface area (Å²) in [5.74, 6) is 0.546. The molecule has 2 heterocycles. The number of benzene rings is 1. The molecule has 6 heteroatoms. The standard InChI is InChI=1S/C18H21BrN4O/c1-23(2)17-15(9-13(19)10-21-17)18(24)22-11-16-14-6-4-3-5-12(14)7-8-20-16/h3-6,9-10,16,20H,7-8,11H2,1-2H3,(H,22,24). The van der Waals surface area contributed by atoms with E-state index in [-0.39, 0.29) is 11.9 Å². The molecule has 1 unspecified atom stereocenters. The molecule has 1 aliphatic rings. The lowest BCUT2D eigenvalue weighted by Crippen LogP contribution is -2.39. The highest BCUT2D eigenvalue weighted by molar-refractivity contribution is 9.10. The third kappa shape index (κ3) is 3.60. The van der Waals surface area contributed by atoms with Crippen LogP contribution in [0, 0.1) is 0 Å². The van der Waals surface area contributed by atoms with Crippen LogP contribution in [0.5, 0.6) is 0 Å². The number of pyridine rings is 1. The minimum atomic E-state index is -0.114. The van der Waals surface area contributed by atoms with Gasteiger partial charge in [-0.15, -0.1) is 0 Å². The molecule has 5 nitrogen and oxygen atoms in total. The van der Waals surface area contributed by atoms with Crippen molar-refractivity contribution in [3.05, 3.63) is 57.7 Å². The Labute approximate surface area is 150 Å². The number of rotatable bonds is 4. The summed E-state index contributed by atoms with van der Waals surface area (Å²) in [5.41, 5.74) is 3.19. The second kappa shape index (κ2) is 7.32. The van der Waals surface area contributed by atoms with Crippen LogP contribution in [0.2, 0.25) is 0 Å². The highest BCUT2D eigenvalue weighted by atomic mass is 79.9. The zero-order chi connectivity index (χ0) is 17.1. The van der Waals surface area contributed by atoms with Gasteiger partial charge in [0.25, 0.3) is 5.91 Å². The number of carbonyl (C=O) groups is 1. The topological polar surface area (TPSA) is 57.3 Å². The number of carbonyl (C=O) groups excluding carboxylic acids is 1. The number of halogens is 1. The van der Waals surface area contributed by atoms with E-state index in [1.54, 1.807) is 12.3 Å². The first-order valence-corrected chi connectivity index (χ1v) is 8.78. The van der Waals surface area contributed by atoms with Crippen LogP contribution in [0.25, 0.3) is 0 Å². The van der Waals surface area contributed by atoms with Crippen LogP contribution in [-0.4, -0.2) is 38.1 Å². The predicted molar refractivity (Wildman–Crippen MR) is 99.5 cm³/mol. The van der Waals surface area contributed by atoms with Crippen molar-refractivity contribution in [2.45, 2.75) is 12.5 Å². The minimum Gasteiger partial charge on any atom is -0.362 e. The summed E-state index contributed by atoms with van der Waals surface area (Å²) in [5, 5.41) is 6.52. The fourth-order valence-corrected chi connectivity index (χ4v) is 3.35. The van der Waals surface area contributed by atoms with Gasteiger partial charge in [-0.25, -0.2) is 4.98 Å². The molecule has 3 rings (SSSR count). The molecule has 2 aromatic rings. The molecule has 1 aliphatic heterocycles. The number of aromatic nitrogens is 1. The Hall–Kier alpha value is -1.92. The van der Waals surface area contributed by atoms with Crippen molar-refractivity contribution in [1.29, 1.82) is 0 Å². The van der Waals surface area contributed by atoms with Crippen LogP contribution in [-0.2, 0) is 6.42 Å². The van der Waals surface area contributed by atoms with Crippen LogP contribution < -0.4 is 15.5 Å². The summed E-state index contributed by atoms with van der Waals surface area (Å²) >= 11 is 3.39. The molecule has 0 aliphatic carbocycles. The molecule has 1 amide bonds. The summed E-state index contributed by atoms with van der Waals surface area (Å²) in [6.07, 6.45) is 2.73. The average molecular weight is 389 g/mol. The molecule has 0 radical (unpaired) electrons. The molecule has 1 aromatic carbocycles. The summed E-state index contributed by atoms with van der Waals surface area (Å²) in [4.78, 5) is 18.8. The summed E-state index contributed by atoms with van der Waals surface area (Å²) in [6, 6.07) is 10.3. The van der Waals surface area contributed by atoms with Crippen LogP contribution in [0.1, 0.15) is 27.5 Å². The zero-order valence-electron chi connectivity index (χ0n) is 13.8. The Kier molecular flexibility index (Phi) is 5.16. The molecular weight excluding hydrogens is 368 g/mol. The van der Waals surface area contributed by atoms with Gasteiger partial charge in [0.1, 0.15) is 5.82 Å². The maximum absolute atomic E-state index is 12.7. The molecule has 126 valence electrons. The predicted octanol–water partition coefficient (Wildman–Crippen LogP) is 2.53. The Morgan fingerprint density at radius 3 is 3.00 bits per heavy atom. The molecule has 0 saturated carbocycles. The Balaban J connectivity index is 1.74. The Morgan fingerprint density at radius 2 is 2.21 bits per heavy atom. The van der Waals surface area contributed by atoms with Gasteiger partial charge in [0.05, 0.1) is 5.56 Å². The molecular formula is C18H21BrN4O. The number of hydrogen-bond donors (Lipinski definition) is 2. The van der Waals surface area contributed by atoms with E-state index >= 15 is 0 Å². The molecule has 0 bridgehead atoms. The summed E-state index contributed by atoms with van der Waals surface area (Å²) < 4.78 is 0.791. The van der Waals surface area contributed by atoms with Gasteiger partial charge in [-0.3, -0.25) is 4.79 Å². The second-order valence-electron chi connectivity index (χ2n) is 6.08. The van der Waals surface area contributed by atoms with E-state index in [0.29, 0.717) is 17.9 Å². The van der Waals surface area contributed by atoms with Crippen LogP contribution in [0.4, 0.5) is 5.82 Å². The number of hydrogen-bond acceptors (Lipinski definition) is 4. The van der Waals surface area contributed by atoms with Crippen LogP contribution in [0.15, 0.2) is 41.0 Å². The molecule has 1 aromatic heterocycles. The largest absolute Gasteiger partial charge is 0.362 e. The van der Waals surface area contributed by atoms with Crippen molar-refractivity contribution in [3.8, 4) is 0 Å². The Morgan fingerprint density at radius 1 is 1.42 bits per heavy atom. The average Bonchev–Trinajstić information content (AvgIpc) is 2.59. The maximum atomic E-state index is 12.7. The van der Waals surface area contributed by atoms with E-state index in [9.17, 15) is 4.79 Å².